The summed E-state index contributed by atoms with van der Waals surface area (Å²) in [5, 5.41) is 9.63. The normalized spacial score (nSPS) is 25.2. The third-order valence-electron chi connectivity index (χ3n) is 2.21. The first-order chi connectivity index (χ1) is 5.83. The van der Waals surface area contributed by atoms with E-state index in [1.807, 2.05) is 0 Å². The summed E-state index contributed by atoms with van der Waals surface area (Å²) in [5.74, 6) is -0.0517. The van der Waals surface area contributed by atoms with Crippen molar-refractivity contribution in [1.82, 2.24) is 0 Å². The van der Waals surface area contributed by atoms with E-state index in [0.717, 1.165) is 12.8 Å². The minimum atomic E-state index is -3.47. The van der Waals surface area contributed by atoms with Gasteiger partial charge >= 0.3 is 0 Å². The lowest BCUT2D eigenvalue weighted by Gasteiger charge is -2.25. The fourth-order valence-electron chi connectivity index (χ4n) is 1.06. The number of hydrogen-bond donors (Lipinski definition) is 1. The van der Waals surface area contributed by atoms with Gasteiger partial charge in [-0.2, -0.15) is 0 Å². The van der Waals surface area contributed by atoms with E-state index >= 15 is 0 Å². The van der Waals surface area contributed by atoms with Gasteiger partial charge in [-0.05, 0) is 34.7 Å². The summed E-state index contributed by atoms with van der Waals surface area (Å²) in [4.78, 5) is 0. The number of rotatable bonds is 4. The molecule has 0 aromatic carbocycles. The number of alkyl halides is 2. The highest BCUT2D eigenvalue weighted by Crippen LogP contribution is 2.45. The summed E-state index contributed by atoms with van der Waals surface area (Å²) in [5.41, 5.74) is 0. The second-order valence-corrected chi connectivity index (χ2v) is 8.75. The Balaban J connectivity index is 2.85. The van der Waals surface area contributed by atoms with Crippen LogP contribution in [0.5, 0.6) is 0 Å². The molecule has 0 radical (unpaired) electrons. The van der Waals surface area contributed by atoms with Crippen LogP contribution in [0.4, 0.5) is 0 Å². The van der Waals surface area contributed by atoms with Gasteiger partial charge in [-0.3, -0.25) is 0 Å². The van der Waals surface area contributed by atoms with E-state index < -0.39 is 19.1 Å². The van der Waals surface area contributed by atoms with Gasteiger partial charge in [-0.15, -0.1) is 0 Å². The molecular formula is C7H12BrClO3S. The topological polar surface area (TPSA) is 54.4 Å². The van der Waals surface area contributed by atoms with Crippen molar-refractivity contribution in [2.75, 3.05) is 5.75 Å². The monoisotopic (exact) mass is 290 g/mol. The van der Waals surface area contributed by atoms with Crippen molar-refractivity contribution in [3.8, 4) is 0 Å². The summed E-state index contributed by atoms with van der Waals surface area (Å²) in [7, 11) is -3.47. The summed E-state index contributed by atoms with van der Waals surface area (Å²) in [6.07, 6.45) is 0.681. The van der Waals surface area contributed by atoms with Crippen LogP contribution in [0.1, 0.15) is 19.8 Å². The molecule has 1 rings (SSSR count). The van der Waals surface area contributed by atoms with Gasteiger partial charge in [0.2, 0.25) is 3.12 Å². The molecule has 0 bridgehead atoms. The van der Waals surface area contributed by atoms with E-state index in [-0.39, 0.29) is 11.7 Å². The molecule has 78 valence electrons. The molecule has 0 aliphatic heterocycles. The second-order valence-electron chi connectivity index (χ2n) is 3.25. The van der Waals surface area contributed by atoms with E-state index in [1.54, 1.807) is 0 Å². The van der Waals surface area contributed by atoms with Crippen molar-refractivity contribution in [3.63, 3.8) is 0 Å². The van der Waals surface area contributed by atoms with Gasteiger partial charge in [0.05, 0.1) is 5.75 Å². The van der Waals surface area contributed by atoms with E-state index in [2.05, 4.69) is 15.9 Å². The molecule has 6 heteroatoms. The van der Waals surface area contributed by atoms with Crippen LogP contribution in [-0.2, 0) is 9.84 Å². The quantitative estimate of drug-likeness (QED) is 0.798. The Kier molecular flexibility index (Phi) is 3.33. The molecule has 0 unspecified atom stereocenters. The van der Waals surface area contributed by atoms with E-state index in [1.165, 1.54) is 6.92 Å². The molecule has 3 nitrogen and oxygen atoms in total. The van der Waals surface area contributed by atoms with Crippen LogP contribution in [0, 0.1) is 5.92 Å². The van der Waals surface area contributed by atoms with Crippen LogP contribution in [0.25, 0.3) is 0 Å². The zero-order valence-corrected chi connectivity index (χ0v) is 10.4. The summed E-state index contributed by atoms with van der Waals surface area (Å²) < 4.78 is 21.2. The summed E-state index contributed by atoms with van der Waals surface area (Å²) in [6, 6.07) is 0. The van der Waals surface area contributed by atoms with Gasteiger partial charge in [0.25, 0.3) is 0 Å². The molecule has 1 fully saturated rings. The number of sulfone groups is 1. The van der Waals surface area contributed by atoms with Gasteiger partial charge < -0.3 is 5.11 Å². The van der Waals surface area contributed by atoms with Crippen molar-refractivity contribution in [1.29, 1.82) is 0 Å². The van der Waals surface area contributed by atoms with Crippen LogP contribution in [0.3, 0.4) is 0 Å². The zero-order valence-electron chi connectivity index (χ0n) is 7.20. The molecule has 1 N–H and O–H groups in total. The summed E-state index contributed by atoms with van der Waals surface area (Å²) >= 11 is 8.69. The zero-order chi connectivity index (χ0) is 10.3. The number of halogens is 2. The van der Waals surface area contributed by atoms with Crippen LogP contribution in [-0.4, -0.2) is 28.5 Å². The predicted octanol–water partition coefficient (Wildman–Crippen LogP) is 1.48. The summed E-state index contributed by atoms with van der Waals surface area (Å²) in [6.45, 7) is 1.51. The van der Waals surface area contributed by atoms with Crippen LogP contribution in [0.2, 0.25) is 0 Å². The maximum Gasteiger partial charge on any atom is 0.225 e. The van der Waals surface area contributed by atoms with E-state index in [9.17, 15) is 13.5 Å². The maximum absolute atomic E-state index is 11.5. The van der Waals surface area contributed by atoms with Crippen LogP contribution in [0.15, 0.2) is 0 Å². The minimum absolute atomic E-state index is 0.0261. The number of hydrogen-bond acceptors (Lipinski definition) is 3. The largest absolute Gasteiger partial charge is 0.389 e. The Hall–Kier alpha value is 0.680. The average Bonchev–Trinajstić information content (AvgIpc) is 2.85. The SMILES string of the molecule is CCS(=O)(=O)[C@@](Cl)(Br)[C@@H](O)C1CC1. The smallest absolute Gasteiger partial charge is 0.225 e. The Morgan fingerprint density at radius 1 is 1.69 bits per heavy atom. The van der Waals surface area contributed by atoms with Crippen LogP contribution < -0.4 is 0 Å². The Bertz CT molecular complexity index is 284. The van der Waals surface area contributed by atoms with Gasteiger partial charge in [0.1, 0.15) is 6.10 Å². The third kappa shape index (κ3) is 2.19. The second kappa shape index (κ2) is 3.68. The first kappa shape index (κ1) is 11.8. The lowest BCUT2D eigenvalue weighted by Crippen LogP contribution is -2.41. The molecule has 0 heterocycles. The highest BCUT2D eigenvalue weighted by atomic mass is 79.9. The lowest BCUT2D eigenvalue weighted by molar-refractivity contribution is 0.158. The molecule has 1 aliphatic carbocycles. The molecule has 1 aliphatic rings. The van der Waals surface area contributed by atoms with Gasteiger partial charge in [0.15, 0.2) is 9.84 Å². The predicted molar refractivity (Wildman–Crippen MR) is 55.7 cm³/mol. The van der Waals surface area contributed by atoms with Crippen molar-refractivity contribution in [3.05, 3.63) is 0 Å². The third-order valence-corrected chi connectivity index (χ3v) is 6.92. The molecule has 0 amide bonds. The minimum Gasteiger partial charge on any atom is -0.389 e. The fourth-order valence-corrected chi connectivity index (χ4v) is 3.57. The van der Waals surface area contributed by atoms with Crippen molar-refractivity contribution < 1.29 is 13.5 Å². The van der Waals surface area contributed by atoms with Crippen molar-refractivity contribution >= 4 is 37.4 Å². The lowest BCUT2D eigenvalue weighted by atomic mass is 10.3. The fraction of sp³-hybridized carbons (Fsp3) is 1.00. The van der Waals surface area contributed by atoms with Crippen molar-refractivity contribution in [2.24, 2.45) is 5.92 Å². The first-order valence-electron chi connectivity index (χ1n) is 4.11. The molecule has 13 heavy (non-hydrogen) atoms. The van der Waals surface area contributed by atoms with Gasteiger partial charge in [-0.1, -0.05) is 18.5 Å². The first-order valence-corrected chi connectivity index (χ1v) is 6.93. The Morgan fingerprint density at radius 3 is 2.46 bits per heavy atom. The van der Waals surface area contributed by atoms with E-state index in [0.29, 0.717) is 0 Å². The molecule has 0 saturated heterocycles. The maximum atomic E-state index is 11.5. The van der Waals surface area contributed by atoms with E-state index in [4.69, 9.17) is 11.6 Å². The highest BCUT2D eigenvalue weighted by Gasteiger charge is 2.51. The van der Waals surface area contributed by atoms with Crippen LogP contribution >= 0.6 is 27.5 Å². The Morgan fingerprint density at radius 2 is 2.15 bits per heavy atom. The molecule has 1 saturated carbocycles. The van der Waals surface area contributed by atoms with Crippen molar-refractivity contribution in [2.45, 2.75) is 29.0 Å². The molecule has 2 atom stereocenters. The average molecular weight is 292 g/mol. The molecule has 0 spiro atoms. The molecular weight excluding hydrogens is 279 g/mol. The molecule has 0 aromatic heterocycles. The number of aliphatic hydroxyl groups is 1. The standard InChI is InChI=1S/C7H12BrClO3S/c1-2-13(11,12)7(8,9)6(10)5-3-4-5/h5-6,10H,2-4H2,1H3/t6-,7+/m0/s1. The number of aliphatic hydroxyl groups excluding tert-OH is 1. The Labute approximate surface area is 91.5 Å². The highest BCUT2D eigenvalue weighted by molar-refractivity contribution is 9.12. The molecule has 0 aromatic rings. The van der Waals surface area contributed by atoms with Gasteiger partial charge in [0, 0.05) is 0 Å². The van der Waals surface area contributed by atoms with Gasteiger partial charge in [-0.25, -0.2) is 8.42 Å².